The first-order valence-electron chi connectivity index (χ1n) is 10.5. The molecular weight excluding hydrogens is 378 g/mol. The number of nitrogens with zero attached hydrogens (tertiary/aromatic N) is 7. The fraction of sp³-hybridized carbons (Fsp3) is 0.455. The molecule has 1 aliphatic heterocycles. The van der Waals surface area contributed by atoms with Crippen LogP contribution in [0.25, 0.3) is 5.78 Å². The van der Waals surface area contributed by atoms with Gasteiger partial charge in [0.05, 0.1) is 0 Å². The minimum atomic E-state index is 0.0847. The Bertz CT molecular complexity index is 1050. The van der Waals surface area contributed by atoms with E-state index in [9.17, 15) is 4.79 Å². The molecule has 0 saturated carbocycles. The van der Waals surface area contributed by atoms with Gasteiger partial charge in [-0.2, -0.15) is 4.98 Å². The van der Waals surface area contributed by atoms with Crippen LogP contribution in [0.5, 0.6) is 0 Å². The summed E-state index contributed by atoms with van der Waals surface area (Å²) in [5, 5.41) is 8.42. The van der Waals surface area contributed by atoms with Crippen LogP contribution in [0, 0.1) is 6.92 Å². The molecule has 0 atom stereocenters. The molecule has 8 nitrogen and oxygen atoms in total. The molecule has 0 spiro atoms. The Morgan fingerprint density at radius 2 is 1.87 bits per heavy atom. The van der Waals surface area contributed by atoms with Gasteiger partial charge in [0, 0.05) is 63.3 Å². The van der Waals surface area contributed by atoms with E-state index in [0.717, 1.165) is 48.8 Å². The normalized spacial score (nSPS) is 14.4. The molecule has 4 rings (SSSR count). The highest BCUT2D eigenvalue weighted by Crippen LogP contribution is 2.21. The molecule has 3 heterocycles. The first-order valence-corrected chi connectivity index (χ1v) is 10.5. The number of amides is 1. The Hall–Kier alpha value is -3.16. The smallest absolute Gasteiger partial charge is 0.257 e. The van der Waals surface area contributed by atoms with E-state index in [2.05, 4.69) is 28.1 Å². The van der Waals surface area contributed by atoms with Gasteiger partial charge in [0.15, 0.2) is 0 Å². The number of hydrogen-bond acceptors (Lipinski definition) is 6. The van der Waals surface area contributed by atoms with Gasteiger partial charge < -0.3 is 14.7 Å². The lowest BCUT2D eigenvalue weighted by Gasteiger charge is -2.35. The minimum absolute atomic E-state index is 0.0847. The van der Waals surface area contributed by atoms with Crippen LogP contribution < -0.4 is 9.80 Å². The molecule has 30 heavy (non-hydrogen) atoms. The third-order valence-electron chi connectivity index (χ3n) is 5.61. The van der Waals surface area contributed by atoms with Gasteiger partial charge in [0.1, 0.15) is 11.6 Å². The predicted molar refractivity (Wildman–Crippen MR) is 118 cm³/mol. The lowest BCUT2D eigenvalue weighted by molar-refractivity contribution is 0.0746. The zero-order valence-corrected chi connectivity index (χ0v) is 18.2. The SMILES string of the molecule is CCCc1cc(N2CCN(C(=O)c3cccc(N(C)C)c3)CC2)nc2nnc(C)n12. The van der Waals surface area contributed by atoms with Crippen molar-refractivity contribution in [1.82, 2.24) is 24.5 Å². The van der Waals surface area contributed by atoms with Gasteiger partial charge in [-0.15, -0.1) is 10.2 Å². The summed E-state index contributed by atoms with van der Waals surface area (Å²) in [5.41, 5.74) is 2.95. The topological polar surface area (TPSA) is 69.9 Å². The molecule has 8 heteroatoms. The zero-order valence-electron chi connectivity index (χ0n) is 18.2. The summed E-state index contributed by atoms with van der Waals surface area (Å²) in [5.74, 6) is 2.51. The minimum Gasteiger partial charge on any atom is -0.378 e. The monoisotopic (exact) mass is 407 g/mol. The number of fused-ring (bicyclic) bond motifs is 1. The summed E-state index contributed by atoms with van der Waals surface area (Å²) >= 11 is 0. The molecule has 0 aliphatic carbocycles. The van der Waals surface area contributed by atoms with Crippen LogP contribution in [0.1, 0.15) is 35.2 Å². The van der Waals surface area contributed by atoms with Gasteiger partial charge in [-0.3, -0.25) is 9.20 Å². The maximum atomic E-state index is 13.0. The van der Waals surface area contributed by atoms with Crippen LogP contribution in [0.2, 0.25) is 0 Å². The molecular formula is C22H29N7O. The number of rotatable bonds is 5. The van der Waals surface area contributed by atoms with Gasteiger partial charge in [0.2, 0.25) is 0 Å². The molecule has 3 aromatic rings. The van der Waals surface area contributed by atoms with Crippen molar-refractivity contribution in [2.45, 2.75) is 26.7 Å². The van der Waals surface area contributed by atoms with Crippen LogP contribution in [0.4, 0.5) is 11.5 Å². The number of aromatic nitrogens is 4. The zero-order chi connectivity index (χ0) is 21.3. The van der Waals surface area contributed by atoms with Gasteiger partial charge >= 0.3 is 0 Å². The summed E-state index contributed by atoms with van der Waals surface area (Å²) in [6.45, 7) is 6.97. The fourth-order valence-electron chi connectivity index (χ4n) is 3.95. The second-order valence-electron chi connectivity index (χ2n) is 7.96. The second kappa shape index (κ2) is 8.30. The Kier molecular flexibility index (Phi) is 5.57. The molecule has 1 aliphatic rings. The quantitative estimate of drug-likeness (QED) is 0.647. The van der Waals surface area contributed by atoms with E-state index in [1.165, 1.54) is 5.69 Å². The number of piperazine rings is 1. The van der Waals surface area contributed by atoms with Crippen molar-refractivity contribution in [2.75, 3.05) is 50.1 Å². The largest absolute Gasteiger partial charge is 0.378 e. The van der Waals surface area contributed by atoms with Gasteiger partial charge in [0.25, 0.3) is 11.7 Å². The molecule has 1 fully saturated rings. The highest BCUT2D eigenvalue weighted by Gasteiger charge is 2.24. The van der Waals surface area contributed by atoms with E-state index >= 15 is 0 Å². The van der Waals surface area contributed by atoms with Crippen LogP contribution in [0.3, 0.4) is 0 Å². The molecule has 1 saturated heterocycles. The van der Waals surface area contributed by atoms with Crippen LogP contribution in [-0.2, 0) is 6.42 Å². The van der Waals surface area contributed by atoms with E-state index in [-0.39, 0.29) is 5.91 Å². The lowest BCUT2D eigenvalue weighted by atomic mass is 10.1. The number of carbonyl (C=O) groups is 1. The number of anilines is 2. The Morgan fingerprint density at radius 3 is 2.57 bits per heavy atom. The highest BCUT2D eigenvalue weighted by atomic mass is 16.2. The van der Waals surface area contributed by atoms with Crippen LogP contribution in [0.15, 0.2) is 30.3 Å². The Balaban J connectivity index is 1.49. The average molecular weight is 408 g/mol. The predicted octanol–water partition coefficient (Wildman–Crippen LogP) is 2.41. The van der Waals surface area contributed by atoms with Crippen molar-refractivity contribution >= 4 is 23.2 Å². The number of hydrogen-bond donors (Lipinski definition) is 0. The van der Waals surface area contributed by atoms with Gasteiger partial charge in [-0.25, -0.2) is 0 Å². The lowest BCUT2D eigenvalue weighted by Crippen LogP contribution is -2.49. The molecule has 0 radical (unpaired) electrons. The first-order chi connectivity index (χ1) is 14.5. The molecule has 1 aromatic carbocycles. The Labute approximate surface area is 177 Å². The van der Waals surface area contributed by atoms with Crippen molar-refractivity contribution in [3.63, 3.8) is 0 Å². The van der Waals surface area contributed by atoms with Crippen LogP contribution in [-0.4, -0.2) is 70.7 Å². The summed E-state index contributed by atoms with van der Waals surface area (Å²) < 4.78 is 2.03. The first kappa shape index (κ1) is 20.1. The molecule has 0 N–H and O–H groups in total. The number of carbonyl (C=O) groups excluding carboxylic acids is 1. The molecule has 1 amide bonds. The maximum Gasteiger partial charge on any atom is 0.257 e. The van der Waals surface area contributed by atoms with Crippen molar-refractivity contribution in [2.24, 2.45) is 0 Å². The average Bonchev–Trinajstić information content (AvgIpc) is 3.14. The van der Waals surface area contributed by atoms with E-state index < -0.39 is 0 Å². The summed E-state index contributed by atoms with van der Waals surface area (Å²) in [6, 6.07) is 9.94. The fourth-order valence-corrected chi connectivity index (χ4v) is 3.95. The third kappa shape index (κ3) is 3.81. The standard InChI is InChI=1S/C22H29N7O/c1-5-7-19-15-20(23-22-25-24-16(2)29(19)22)27-10-12-28(13-11-27)21(30)17-8-6-9-18(14-17)26(3)4/h6,8-9,14-15H,5,7,10-13H2,1-4H3. The van der Waals surface area contributed by atoms with Crippen LogP contribution >= 0.6 is 0 Å². The molecule has 0 unspecified atom stereocenters. The van der Waals surface area contributed by atoms with E-state index in [1.807, 2.05) is 59.5 Å². The van der Waals surface area contributed by atoms with E-state index in [1.54, 1.807) is 0 Å². The number of benzene rings is 1. The maximum absolute atomic E-state index is 13.0. The molecule has 2 aromatic heterocycles. The molecule has 0 bridgehead atoms. The van der Waals surface area contributed by atoms with E-state index in [0.29, 0.717) is 18.9 Å². The van der Waals surface area contributed by atoms with Gasteiger partial charge in [-0.1, -0.05) is 19.4 Å². The Morgan fingerprint density at radius 1 is 1.10 bits per heavy atom. The van der Waals surface area contributed by atoms with Crippen molar-refractivity contribution in [3.8, 4) is 0 Å². The van der Waals surface area contributed by atoms with Crippen molar-refractivity contribution in [3.05, 3.63) is 47.4 Å². The van der Waals surface area contributed by atoms with Crippen molar-refractivity contribution in [1.29, 1.82) is 0 Å². The third-order valence-corrected chi connectivity index (χ3v) is 5.61. The van der Waals surface area contributed by atoms with E-state index in [4.69, 9.17) is 4.98 Å². The highest BCUT2D eigenvalue weighted by molar-refractivity contribution is 5.95. The summed E-state index contributed by atoms with van der Waals surface area (Å²) in [6.07, 6.45) is 2.00. The number of aryl methyl sites for hydroxylation is 2. The van der Waals surface area contributed by atoms with Gasteiger partial charge in [-0.05, 0) is 31.5 Å². The molecule has 158 valence electrons. The van der Waals surface area contributed by atoms with Crippen molar-refractivity contribution < 1.29 is 4.79 Å². The second-order valence-corrected chi connectivity index (χ2v) is 7.96. The summed E-state index contributed by atoms with van der Waals surface area (Å²) in [7, 11) is 3.96. The summed E-state index contributed by atoms with van der Waals surface area (Å²) in [4.78, 5) is 23.9.